The van der Waals surface area contributed by atoms with Crippen LogP contribution in [0.2, 0.25) is 0 Å². The third-order valence-corrected chi connectivity index (χ3v) is 3.67. The second-order valence-electron chi connectivity index (χ2n) is 4.71. The number of hydrogen-bond acceptors (Lipinski definition) is 4. The Bertz CT molecular complexity index is 448. The Hall–Kier alpha value is -1.75. The largest absolute Gasteiger partial charge is 0.409 e. The average Bonchev–Trinajstić information content (AvgIpc) is 2.78. The number of rotatable bonds is 3. The van der Waals surface area contributed by atoms with E-state index in [1.54, 1.807) is 0 Å². The summed E-state index contributed by atoms with van der Waals surface area (Å²) in [6.07, 6.45) is 1.04. The molecule has 4 N–H and O–H groups in total. The maximum absolute atomic E-state index is 9.50. The van der Waals surface area contributed by atoms with Crippen molar-refractivity contribution in [3.05, 3.63) is 29.8 Å². The molecule has 1 heterocycles. The van der Waals surface area contributed by atoms with E-state index in [0.29, 0.717) is 11.5 Å². The van der Waals surface area contributed by atoms with Gasteiger partial charge in [0.25, 0.3) is 0 Å². The zero-order valence-electron chi connectivity index (χ0n) is 10.5. The summed E-state index contributed by atoms with van der Waals surface area (Å²) >= 11 is 0. The Morgan fingerprint density at radius 3 is 2.89 bits per heavy atom. The Morgan fingerprint density at radius 1 is 1.50 bits per heavy atom. The van der Waals surface area contributed by atoms with Gasteiger partial charge < -0.3 is 20.9 Å². The molecule has 0 bridgehead atoms. The molecule has 1 aromatic rings. The van der Waals surface area contributed by atoms with Gasteiger partial charge in [-0.25, -0.2) is 0 Å². The minimum Gasteiger partial charge on any atom is -0.409 e. The SMILES string of the molecule is CC1CCN(c2ccccc2/C(N)=N/O)C1CO. The first-order chi connectivity index (χ1) is 8.69. The highest BCUT2D eigenvalue weighted by molar-refractivity contribution is 6.02. The summed E-state index contributed by atoms with van der Waals surface area (Å²) < 4.78 is 0. The predicted molar refractivity (Wildman–Crippen MR) is 71.0 cm³/mol. The van der Waals surface area contributed by atoms with Gasteiger partial charge in [-0.1, -0.05) is 24.2 Å². The fourth-order valence-corrected chi connectivity index (χ4v) is 2.58. The molecule has 0 aromatic heterocycles. The van der Waals surface area contributed by atoms with Gasteiger partial charge in [0, 0.05) is 17.8 Å². The number of nitrogens with zero attached hydrogens (tertiary/aromatic N) is 2. The van der Waals surface area contributed by atoms with E-state index < -0.39 is 0 Å². The summed E-state index contributed by atoms with van der Waals surface area (Å²) in [7, 11) is 0. The molecular formula is C13H19N3O2. The first-order valence-electron chi connectivity index (χ1n) is 6.13. The standard InChI is InChI=1S/C13H19N3O2/c1-9-6-7-16(12(9)8-17)11-5-3-2-4-10(11)13(14)15-18/h2-5,9,12,17-18H,6-8H2,1H3,(H2,14,15). The lowest BCUT2D eigenvalue weighted by Gasteiger charge is -2.29. The number of amidine groups is 1. The van der Waals surface area contributed by atoms with E-state index in [4.69, 9.17) is 10.9 Å². The molecule has 5 heteroatoms. The monoisotopic (exact) mass is 249 g/mol. The Labute approximate surface area is 107 Å². The van der Waals surface area contributed by atoms with Crippen LogP contribution in [0.3, 0.4) is 0 Å². The van der Waals surface area contributed by atoms with E-state index in [2.05, 4.69) is 17.0 Å². The van der Waals surface area contributed by atoms with Crippen LogP contribution in [-0.4, -0.2) is 35.3 Å². The maximum atomic E-state index is 9.50. The predicted octanol–water partition coefficient (Wildman–Crippen LogP) is 0.988. The Morgan fingerprint density at radius 2 is 2.22 bits per heavy atom. The van der Waals surface area contributed by atoms with Crippen molar-refractivity contribution in [1.29, 1.82) is 0 Å². The van der Waals surface area contributed by atoms with E-state index >= 15 is 0 Å². The first kappa shape index (κ1) is 12.7. The molecule has 1 aliphatic rings. The van der Waals surface area contributed by atoms with Crippen LogP contribution < -0.4 is 10.6 Å². The number of benzene rings is 1. The number of oxime groups is 1. The molecule has 1 aromatic carbocycles. The van der Waals surface area contributed by atoms with Crippen molar-refractivity contribution in [3.63, 3.8) is 0 Å². The molecule has 18 heavy (non-hydrogen) atoms. The third-order valence-electron chi connectivity index (χ3n) is 3.67. The van der Waals surface area contributed by atoms with Crippen molar-refractivity contribution < 1.29 is 10.3 Å². The zero-order chi connectivity index (χ0) is 13.1. The zero-order valence-corrected chi connectivity index (χ0v) is 10.5. The van der Waals surface area contributed by atoms with Crippen LogP contribution in [0.5, 0.6) is 0 Å². The summed E-state index contributed by atoms with van der Waals surface area (Å²) in [5, 5.41) is 21.4. The third kappa shape index (κ3) is 2.13. The molecule has 2 rings (SSSR count). The van der Waals surface area contributed by atoms with Gasteiger partial charge in [0.05, 0.1) is 12.6 Å². The second-order valence-corrected chi connectivity index (χ2v) is 4.71. The highest BCUT2D eigenvalue weighted by Gasteiger charge is 2.32. The van der Waals surface area contributed by atoms with Gasteiger partial charge in [0.15, 0.2) is 5.84 Å². The summed E-state index contributed by atoms with van der Waals surface area (Å²) in [5.41, 5.74) is 7.31. The van der Waals surface area contributed by atoms with Crippen LogP contribution in [0.1, 0.15) is 18.9 Å². The highest BCUT2D eigenvalue weighted by Crippen LogP contribution is 2.31. The van der Waals surface area contributed by atoms with Gasteiger partial charge in [-0.3, -0.25) is 0 Å². The van der Waals surface area contributed by atoms with Gasteiger partial charge in [0.1, 0.15) is 0 Å². The average molecular weight is 249 g/mol. The first-order valence-corrected chi connectivity index (χ1v) is 6.13. The highest BCUT2D eigenvalue weighted by atomic mass is 16.4. The molecule has 1 saturated heterocycles. The Balaban J connectivity index is 2.39. The van der Waals surface area contributed by atoms with E-state index in [1.165, 1.54) is 0 Å². The van der Waals surface area contributed by atoms with Crippen LogP contribution in [-0.2, 0) is 0 Å². The number of hydrogen-bond donors (Lipinski definition) is 3. The van der Waals surface area contributed by atoms with Crippen LogP contribution in [0.4, 0.5) is 5.69 Å². The number of anilines is 1. The van der Waals surface area contributed by atoms with Crippen molar-refractivity contribution in [3.8, 4) is 0 Å². The molecule has 98 valence electrons. The Kier molecular flexibility index (Phi) is 3.72. The number of para-hydroxylation sites is 1. The molecule has 0 radical (unpaired) electrons. The minimum atomic E-state index is 0.0950. The number of nitrogens with two attached hydrogens (primary N) is 1. The molecule has 2 unspecified atom stereocenters. The summed E-state index contributed by atoms with van der Waals surface area (Å²) in [4.78, 5) is 2.14. The molecule has 2 atom stereocenters. The summed E-state index contributed by atoms with van der Waals surface area (Å²) in [6, 6.07) is 7.62. The molecular weight excluding hydrogens is 230 g/mol. The van der Waals surface area contributed by atoms with Crippen LogP contribution >= 0.6 is 0 Å². The van der Waals surface area contributed by atoms with E-state index in [-0.39, 0.29) is 18.5 Å². The number of aliphatic hydroxyl groups excluding tert-OH is 1. The molecule has 0 aliphatic carbocycles. The van der Waals surface area contributed by atoms with Crippen LogP contribution in [0, 0.1) is 5.92 Å². The fraction of sp³-hybridized carbons (Fsp3) is 0.462. The van der Waals surface area contributed by atoms with E-state index in [0.717, 1.165) is 18.7 Å². The maximum Gasteiger partial charge on any atom is 0.172 e. The quantitative estimate of drug-likeness (QED) is 0.323. The van der Waals surface area contributed by atoms with Gasteiger partial charge >= 0.3 is 0 Å². The van der Waals surface area contributed by atoms with Gasteiger partial charge in [-0.05, 0) is 24.5 Å². The van der Waals surface area contributed by atoms with Crippen molar-refractivity contribution in [2.75, 3.05) is 18.1 Å². The van der Waals surface area contributed by atoms with Crippen LogP contribution in [0.25, 0.3) is 0 Å². The van der Waals surface area contributed by atoms with Crippen molar-refractivity contribution in [1.82, 2.24) is 0 Å². The molecule has 0 amide bonds. The lowest BCUT2D eigenvalue weighted by atomic mass is 10.0. The van der Waals surface area contributed by atoms with Gasteiger partial charge in [-0.15, -0.1) is 0 Å². The number of aliphatic hydroxyl groups is 1. The minimum absolute atomic E-state index is 0.0950. The van der Waals surface area contributed by atoms with E-state index in [9.17, 15) is 5.11 Å². The van der Waals surface area contributed by atoms with Crippen molar-refractivity contribution >= 4 is 11.5 Å². The fourth-order valence-electron chi connectivity index (χ4n) is 2.58. The smallest absolute Gasteiger partial charge is 0.172 e. The normalized spacial score (nSPS) is 24.6. The summed E-state index contributed by atoms with van der Waals surface area (Å²) in [5.74, 6) is 0.539. The summed E-state index contributed by atoms with van der Waals surface area (Å²) in [6.45, 7) is 3.13. The van der Waals surface area contributed by atoms with Crippen LogP contribution in [0.15, 0.2) is 29.4 Å². The lowest BCUT2D eigenvalue weighted by molar-refractivity contribution is 0.244. The van der Waals surface area contributed by atoms with Crippen molar-refractivity contribution in [2.24, 2.45) is 16.8 Å². The van der Waals surface area contributed by atoms with Crippen molar-refractivity contribution in [2.45, 2.75) is 19.4 Å². The van der Waals surface area contributed by atoms with E-state index in [1.807, 2.05) is 24.3 Å². The molecule has 5 nitrogen and oxygen atoms in total. The molecule has 1 fully saturated rings. The lowest BCUT2D eigenvalue weighted by Crippen LogP contribution is -2.36. The molecule has 0 spiro atoms. The second kappa shape index (κ2) is 5.27. The molecule has 0 saturated carbocycles. The topological polar surface area (TPSA) is 82.1 Å². The van der Waals surface area contributed by atoms with Gasteiger partial charge in [0.2, 0.25) is 0 Å². The van der Waals surface area contributed by atoms with Gasteiger partial charge in [-0.2, -0.15) is 0 Å². The molecule has 1 aliphatic heterocycles.